The fourth-order valence-electron chi connectivity index (χ4n) is 3.11. The number of hydrogen-bond donors (Lipinski definition) is 0. The Hall–Kier alpha value is -1.35. The Morgan fingerprint density at radius 2 is 2.00 bits per heavy atom. The summed E-state index contributed by atoms with van der Waals surface area (Å²) in [6.45, 7) is 4.17. The predicted molar refractivity (Wildman–Crippen MR) is 66.2 cm³/mol. The largest absolute Gasteiger partial charge is 0.381 e. The van der Waals surface area contributed by atoms with Crippen LogP contribution in [0.25, 0.3) is 0 Å². The molecule has 2 aliphatic heterocycles. The first kappa shape index (κ1) is 10.8. The number of anilines is 1. The Kier molecular flexibility index (Phi) is 2.44. The molecule has 0 aromatic heterocycles. The molecule has 3 rings (SSSR count). The van der Waals surface area contributed by atoms with E-state index < -0.39 is 0 Å². The Morgan fingerprint density at radius 3 is 2.71 bits per heavy atom. The van der Waals surface area contributed by atoms with Crippen LogP contribution < -0.4 is 4.90 Å². The summed E-state index contributed by atoms with van der Waals surface area (Å²) in [5.41, 5.74) is 2.00. The van der Waals surface area contributed by atoms with Gasteiger partial charge < -0.3 is 9.64 Å². The van der Waals surface area contributed by atoms with Gasteiger partial charge in [-0.15, -0.1) is 0 Å². The van der Waals surface area contributed by atoms with E-state index in [1.807, 2.05) is 24.0 Å². The minimum atomic E-state index is -0.301. The van der Waals surface area contributed by atoms with E-state index in [1.165, 1.54) is 5.56 Å². The molecule has 0 N–H and O–H groups in total. The second-order valence-electron chi connectivity index (χ2n) is 4.76. The molecule has 1 amide bonds. The van der Waals surface area contributed by atoms with Crippen LogP contribution in [0.4, 0.5) is 5.69 Å². The highest BCUT2D eigenvalue weighted by Crippen LogP contribution is 2.47. The van der Waals surface area contributed by atoms with Crippen molar-refractivity contribution in [2.24, 2.45) is 0 Å². The van der Waals surface area contributed by atoms with Gasteiger partial charge in [0, 0.05) is 25.4 Å². The smallest absolute Gasteiger partial charge is 0.237 e. The van der Waals surface area contributed by atoms with Gasteiger partial charge in [0.2, 0.25) is 5.91 Å². The molecule has 0 bridgehead atoms. The van der Waals surface area contributed by atoms with Gasteiger partial charge in [0.05, 0.1) is 5.41 Å². The molecule has 2 aliphatic rings. The van der Waals surface area contributed by atoms with Crippen LogP contribution >= 0.6 is 0 Å². The molecule has 0 saturated carbocycles. The van der Waals surface area contributed by atoms with Crippen LogP contribution in [0, 0.1) is 0 Å². The van der Waals surface area contributed by atoms with Crippen molar-refractivity contribution in [1.82, 2.24) is 0 Å². The summed E-state index contributed by atoms with van der Waals surface area (Å²) in [6, 6.07) is 8.20. The standard InChI is InChI=1S/C14H17NO2/c1-2-15-12-6-4-3-5-11(12)14(13(15)16)7-9-17-10-8-14/h3-6H,2,7-10H2,1H3. The number of ether oxygens (including phenoxy) is 1. The number of nitrogens with zero attached hydrogens (tertiary/aromatic N) is 1. The monoisotopic (exact) mass is 231 g/mol. The first-order valence-corrected chi connectivity index (χ1v) is 6.29. The van der Waals surface area contributed by atoms with E-state index in [0.717, 1.165) is 25.1 Å². The SMILES string of the molecule is CCN1C(=O)C2(CCOCC2)c2ccccc21. The van der Waals surface area contributed by atoms with Gasteiger partial charge in [-0.25, -0.2) is 0 Å². The summed E-state index contributed by atoms with van der Waals surface area (Å²) in [4.78, 5) is 14.6. The zero-order valence-corrected chi connectivity index (χ0v) is 10.1. The normalized spacial score (nSPS) is 21.9. The lowest BCUT2D eigenvalue weighted by molar-refractivity contribution is -0.126. The van der Waals surface area contributed by atoms with Crippen molar-refractivity contribution in [3.05, 3.63) is 29.8 Å². The van der Waals surface area contributed by atoms with E-state index >= 15 is 0 Å². The van der Waals surface area contributed by atoms with Gasteiger partial charge in [-0.2, -0.15) is 0 Å². The molecule has 3 nitrogen and oxygen atoms in total. The van der Waals surface area contributed by atoms with Crippen LogP contribution in [0.5, 0.6) is 0 Å². The fraction of sp³-hybridized carbons (Fsp3) is 0.500. The van der Waals surface area contributed by atoms with Crippen LogP contribution in [-0.4, -0.2) is 25.7 Å². The molecular formula is C14H17NO2. The summed E-state index contributed by atoms with van der Waals surface area (Å²) in [7, 11) is 0. The van der Waals surface area contributed by atoms with E-state index in [4.69, 9.17) is 4.74 Å². The summed E-state index contributed by atoms with van der Waals surface area (Å²) in [6.07, 6.45) is 1.64. The van der Waals surface area contributed by atoms with Crippen molar-refractivity contribution in [3.8, 4) is 0 Å². The van der Waals surface area contributed by atoms with E-state index in [-0.39, 0.29) is 11.3 Å². The van der Waals surface area contributed by atoms with Crippen LogP contribution in [0.15, 0.2) is 24.3 Å². The zero-order chi connectivity index (χ0) is 11.9. The molecule has 17 heavy (non-hydrogen) atoms. The maximum Gasteiger partial charge on any atom is 0.237 e. The van der Waals surface area contributed by atoms with Crippen molar-refractivity contribution in [2.45, 2.75) is 25.2 Å². The van der Waals surface area contributed by atoms with Crippen molar-refractivity contribution in [1.29, 1.82) is 0 Å². The third-order valence-electron chi connectivity index (χ3n) is 4.03. The van der Waals surface area contributed by atoms with E-state index in [1.54, 1.807) is 0 Å². The number of likely N-dealkylation sites (N-methyl/N-ethyl adjacent to an activating group) is 1. The van der Waals surface area contributed by atoms with Crippen molar-refractivity contribution in [3.63, 3.8) is 0 Å². The van der Waals surface area contributed by atoms with Gasteiger partial charge in [0.1, 0.15) is 0 Å². The van der Waals surface area contributed by atoms with Gasteiger partial charge in [-0.3, -0.25) is 4.79 Å². The Balaban J connectivity index is 2.14. The highest BCUT2D eigenvalue weighted by Gasteiger charge is 2.50. The van der Waals surface area contributed by atoms with Crippen LogP contribution in [-0.2, 0) is 14.9 Å². The third-order valence-corrected chi connectivity index (χ3v) is 4.03. The minimum Gasteiger partial charge on any atom is -0.381 e. The number of hydrogen-bond acceptors (Lipinski definition) is 2. The number of para-hydroxylation sites is 1. The molecule has 3 heteroatoms. The highest BCUT2D eigenvalue weighted by molar-refractivity contribution is 6.08. The molecule has 0 atom stereocenters. The van der Waals surface area contributed by atoms with E-state index in [9.17, 15) is 4.79 Å². The minimum absolute atomic E-state index is 0.268. The number of rotatable bonds is 1. The molecule has 0 aliphatic carbocycles. The van der Waals surface area contributed by atoms with Crippen molar-refractivity contribution in [2.75, 3.05) is 24.7 Å². The van der Waals surface area contributed by atoms with Crippen LogP contribution in [0.3, 0.4) is 0 Å². The second kappa shape index (κ2) is 3.84. The Labute approximate surface area is 101 Å². The van der Waals surface area contributed by atoms with Gasteiger partial charge in [-0.1, -0.05) is 18.2 Å². The number of fused-ring (bicyclic) bond motifs is 2. The first-order chi connectivity index (χ1) is 8.29. The van der Waals surface area contributed by atoms with Gasteiger partial charge >= 0.3 is 0 Å². The lowest BCUT2D eigenvalue weighted by Gasteiger charge is -2.32. The lowest BCUT2D eigenvalue weighted by atomic mass is 9.75. The lowest BCUT2D eigenvalue weighted by Crippen LogP contribution is -2.44. The molecule has 1 fully saturated rings. The average Bonchev–Trinajstić information content (AvgIpc) is 2.61. The first-order valence-electron chi connectivity index (χ1n) is 6.29. The maximum atomic E-state index is 12.6. The van der Waals surface area contributed by atoms with Crippen LogP contribution in [0.2, 0.25) is 0 Å². The number of benzene rings is 1. The Bertz CT molecular complexity index is 449. The molecule has 2 heterocycles. The molecule has 0 radical (unpaired) electrons. The van der Waals surface area contributed by atoms with Crippen LogP contribution in [0.1, 0.15) is 25.3 Å². The van der Waals surface area contributed by atoms with Crippen molar-refractivity contribution < 1.29 is 9.53 Å². The zero-order valence-electron chi connectivity index (χ0n) is 10.1. The molecule has 0 unspecified atom stereocenters. The number of carbonyl (C=O) groups excluding carboxylic acids is 1. The summed E-state index contributed by atoms with van der Waals surface area (Å²) in [5, 5.41) is 0. The van der Waals surface area contributed by atoms with Crippen molar-refractivity contribution >= 4 is 11.6 Å². The topological polar surface area (TPSA) is 29.5 Å². The van der Waals surface area contributed by atoms with Gasteiger partial charge in [0.15, 0.2) is 0 Å². The average molecular weight is 231 g/mol. The molecule has 1 aromatic carbocycles. The highest BCUT2D eigenvalue weighted by atomic mass is 16.5. The molecular weight excluding hydrogens is 214 g/mol. The quantitative estimate of drug-likeness (QED) is 0.740. The molecule has 1 aromatic rings. The maximum absolute atomic E-state index is 12.6. The molecule has 1 saturated heterocycles. The van der Waals surface area contributed by atoms with Gasteiger partial charge in [-0.05, 0) is 31.4 Å². The van der Waals surface area contributed by atoms with E-state index in [0.29, 0.717) is 13.2 Å². The molecule has 1 spiro atoms. The summed E-state index contributed by atoms with van der Waals surface area (Å²) >= 11 is 0. The Morgan fingerprint density at radius 1 is 1.29 bits per heavy atom. The number of amides is 1. The number of carbonyl (C=O) groups is 1. The third kappa shape index (κ3) is 1.35. The van der Waals surface area contributed by atoms with E-state index in [2.05, 4.69) is 12.1 Å². The fourth-order valence-corrected chi connectivity index (χ4v) is 3.11. The predicted octanol–water partition coefficient (Wildman–Crippen LogP) is 2.10. The molecule has 90 valence electrons. The second-order valence-corrected chi connectivity index (χ2v) is 4.76. The summed E-state index contributed by atoms with van der Waals surface area (Å²) < 4.78 is 5.42. The summed E-state index contributed by atoms with van der Waals surface area (Å²) in [5.74, 6) is 0.268. The van der Waals surface area contributed by atoms with Gasteiger partial charge in [0.25, 0.3) is 0 Å².